The van der Waals surface area contributed by atoms with Crippen molar-refractivity contribution in [3.63, 3.8) is 0 Å². The van der Waals surface area contributed by atoms with E-state index in [1.165, 1.54) is 11.8 Å². The number of ether oxygens (including phenoxy) is 2. The van der Waals surface area contributed by atoms with Gasteiger partial charge < -0.3 is 25.2 Å². The molecule has 1 atom stereocenters. The summed E-state index contributed by atoms with van der Waals surface area (Å²) < 4.78 is 11.0. The normalized spacial score (nSPS) is 13.6. The highest BCUT2D eigenvalue weighted by Gasteiger charge is 2.30. The van der Waals surface area contributed by atoms with E-state index in [4.69, 9.17) is 9.47 Å². The molecular weight excluding hydrogens is 576 g/mol. The number of amides is 2. The Morgan fingerprint density at radius 3 is 1.50 bits per heavy atom. The number of aliphatic carboxylic acids is 1. The lowest BCUT2D eigenvalue weighted by Crippen LogP contribution is -2.43. The predicted molar refractivity (Wildman–Crippen MR) is 170 cm³/mol. The molecule has 2 aliphatic rings. The summed E-state index contributed by atoms with van der Waals surface area (Å²) in [5, 5.41) is 14.8. The number of hydrogen-bond acceptors (Lipinski definition) is 6. The highest BCUT2D eigenvalue weighted by molar-refractivity contribution is 7.99. The standard InChI is InChI=1S/C35H32N2O6S/c38-33(39)32(37-35(41)43-20-31-28-15-7-3-11-24(28)25-12-4-8-16-29(25)31)21-44-18-17-36-34(40)42-19-30-26-13-5-1-9-22(26)23-10-2-6-14-27(23)30/h1-16,30-32H,17-21H2,(H,36,40)(H,37,41)(H,38,39)/t32-/m0/s1. The fourth-order valence-electron chi connectivity index (χ4n) is 6.03. The molecule has 0 bridgehead atoms. The van der Waals surface area contributed by atoms with Crippen LogP contribution in [0.15, 0.2) is 97.1 Å². The van der Waals surface area contributed by atoms with Crippen LogP contribution >= 0.6 is 11.8 Å². The van der Waals surface area contributed by atoms with Crippen molar-refractivity contribution in [2.45, 2.75) is 17.9 Å². The smallest absolute Gasteiger partial charge is 0.407 e. The summed E-state index contributed by atoms with van der Waals surface area (Å²) in [5.74, 6) is -0.736. The first kappa shape index (κ1) is 29.3. The highest BCUT2D eigenvalue weighted by Crippen LogP contribution is 2.45. The molecule has 2 amide bonds. The van der Waals surface area contributed by atoms with Crippen LogP contribution in [0.4, 0.5) is 9.59 Å². The van der Waals surface area contributed by atoms with Gasteiger partial charge in [-0.1, -0.05) is 97.1 Å². The van der Waals surface area contributed by atoms with E-state index in [0.717, 1.165) is 44.5 Å². The van der Waals surface area contributed by atoms with E-state index in [2.05, 4.69) is 34.9 Å². The van der Waals surface area contributed by atoms with E-state index < -0.39 is 24.2 Å². The van der Waals surface area contributed by atoms with Gasteiger partial charge >= 0.3 is 18.2 Å². The van der Waals surface area contributed by atoms with Crippen LogP contribution in [-0.2, 0) is 14.3 Å². The lowest BCUT2D eigenvalue weighted by molar-refractivity contribution is -0.138. The molecule has 0 unspecified atom stereocenters. The molecule has 4 aromatic carbocycles. The number of alkyl carbamates (subject to hydrolysis) is 2. The Bertz CT molecular complexity index is 1600. The molecule has 0 heterocycles. The second-order valence-corrected chi connectivity index (χ2v) is 11.8. The van der Waals surface area contributed by atoms with Gasteiger partial charge in [-0.3, -0.25) is 0 Å². The molecule has 0 radical (unpaired) electrons. The fourth-order valence-corrected chi connectivity index (χ4v) is 6.91. The van der Waals surface area contributed by atoms with E-state index in [9.17, 15) is 19.5 Å². The molecule has 0 saturated carbocycles. The summed E-state index contributed by atoms with van der Waals surface area (Å²) in [7, 11) is 0. The number of carboxylic acid groups (broad SMARTS) is 1. The Hall–Kier alpha value is -4.76. The lowest BCUT2D eigenvalue weighted by Gasteiger charge is -2.17. The maximum Gasteiger partial charge on any atom is 0.407 e. The highest BCUT2D eigenvalue weighted by atomic mass is 32.2. The van der Waals surface area contributed by atoms with Gasteiger partial charge in [0.05, 0.1) is 0 Å². The average Bonchev–Trinajstić information content (AvgIpc) is 3.54. The summed E-state index contributed by atoms with van der Waals surface area (Å²) >= 11 is 1.30. The maximum absolute atomic E-state index is 12.6. The first-order valence-electron chi connectivity index (χ1n) is 14.5. The second-order valence-electron chi connectivity index (χ2n) is 10.7. The summed E-state index contributed by atoms with van der Waals surface area (Å²) in [5.41, 5.74) is 8.99. The van der Waals surface area contributed by atoms with Gasteiger partial charge in [-0.05, 0) is 44.5 Å². The Morgan fingerprint density at radius 1 is 0.659 bits per heavy atom. The van der Waals surface area contributed by atoms with Crippen LogP contribution in [0.2, 0.25) is 0 Å². The van der Waals surface area contributed by atoms with Crippen molar-refractivity contribution in [1.29, 1.82) is 0 Å². The molecule has 0 aromatic heterocycles. The van der Waals surface area contributed by atoms with Crippen LogP contribution in [0.3, 0.4) is 0 Å². The van der Waals surface area contributed by atoms with Gasteiger partial charge in [0, 0.05) is 29.9 Å². The molecule has 0 saturated heterocycles. The number of thioether (sulfide) groups is 1. The van der Waals surface area contributed by atoms with Crippen LogP contribution in [0.5, 0.6) is 0 Å². The first-order chi connectivity index (χ1) is 21.5. The fraction of sp³-hybridized carbons (Fsp3) is 0.229. The lowest BCUT2D eigenvalue weighted by atomic mass is 9.98. The molecule has 8 nitrogen and oxygen atoms in total. The third kappa shape index (κ3) is 6.14. The molecular formula is C35H32N2O6S. The second kappa shape index (κ2) is 13.3. The number of nitrogens with one attached hydrogen (secondary N) is 2. The van der Waals surface area contributed by atoms with Crippen molar-refractivity contribution in [2.75, 3.05) is 31.3 Å². The van der Waals surface area contributed by atoms with Gasteiger partial charge in [-0.15, -0.1) is 0 Å². The Balaban J connectivity index is 0.925. The van der Waals surface area contributed by atoms with E-state index in [1.807, 2.05) is 72.8 Å². The maximum atomic E-state index is 12.6. The molecule has 9 heteroatoms. The number of carbonyl (C=O) groups excluding carboxylic acids is 2. The van der Waals surface area contributed by atoms with Crippen molar-refractivity contribution in [3.8, 4) is 22.3 Å². The van der Waals surface area contributed by atoms with Gasteiger partial charge in [0.15, 0.2) is 0 Å². The summed E-state index contributed by atoms with van der Waals surface area (Å²) in [4.78, 5) is 36.8. The van der Waals surface area contributed by atoms with E-state index in [1.54, 1.807) is 0 Å². The number of benzene rings is 4. The van der Waals surface area contributed by atoms with Crippen molar-refractivity contribution in [2.24, 2.45) is 0 Å². The molecule has 224 valence electrons. The van der Waals surface area contributed by atoms with Crippen molar-refractivity contribution in [1.82, 2.24) is 10.6 Å². The van der Waals surface area contributed by atoms with Crippen LogP contribution in [0.1, 0.15) is 34.1 Å². The quantitative estimate of drug-likeness (QED) is 0.173. The molecule has 2 aliphatic carbocycles. The van der Waals surface area contributed by atoms with Crippen LogP contribution in [0, 0.1) is 0 Å². The number of hydrogen-bond donors (Lipinski definition) is 3. The first-order valence-corrected chi connectivity index (χ1v) is 15.7. The Morgan fingerprint density at radius 2 is 1.07 bits per heavy atom. The third-order valence-corrected chi connectivity index (χ3v) is 9.14. The minimum absolute atomic E-state index is 0.0252. The number of rotatable bonds is 11. The molecule has 3 N–H and O–H groups in total. The van der Waals surface area contributed by atoms with E-state index in [-0.39, 0.29) is 30.8 Å². The van der Waals surface area contributed by atoms with Gasteiger partial charge in [0.2, 0.25) is 0 Å². The average molecular weight is 609 g/mol. The zero-order valence-electron chi connectivity index (χ0n) is 23.9. The molecule has 0 aliphatic heterocycles. The monoisotopic (exact) mass is 608 g/mol. The zero-order chi connectivity index (χ0) is 30.5. The topological polar surface area (TPSA) is 114 Å². The van der Waals surface area contributed by atoms with Crippen LogP contribution in [-0.4, -0.2) is 60.6 Å². The van der Waals surface area contributed by atoms with Gasteiger partial charge in [0.1, 0.15) is 19.3 Å². The molecule has 4 aromatic rings. The largest absolute Gasteiger partial charge is 0.480 e. The van der Waals surface area contributed by atoms with Crippen LogP contribution < -0.4 is 10.6 Å². The third-order valence-electron chi connectivity index (χ3n) is 8.08. The number of carbonyl (C=O) groups is 3. The van der Waals surface area contributed by atoms with Gasteiger partial charge in [-0.25, -0.2) is 14.4 Å². The molecule has 0 spiro atoms. The zero-order valence-corrected chi connectivity index (χ0v) is 24.7. The Kier molecular flexibility index (Phi) is 8.84. The molecule has 6 rings (SSSR count). The number of fused-ring (bicyclic) bond motifs is 6. The Labute approximate surface area is 259 Å². The van der Waals surface area contributed by atoms with Crippen molar-refractivity contribution >= 4 is 29.9 Å². The number of carboxylic acids is 1. The SMILES string of the molecule is O=C(NCCSC[C@H](NC(=O)OCC1c2ccccc2-c2ccccc21)C(=O)O)OCC1c2ccccc2-c2ccccc21. The summed E-state index contributed by atoms with van der Waals surface area (Å²) in [6.45, 7) is 0.611. The minimum atomic E-state index is -1.16. The van der Waals surface area contributed by atoms with Crippen molar-refractivity contribution in [3.05, 3.63) is 119 Å². The summed E-state index contributed by atoms with van der Waals surface area (Å²) in [6.07, 6.45) is -1.31. The van der Waals surface area contributed by atoms with Crippen molar-refractivity contribution < 1.29 is 29.0 Å². The van der Waals surface area contributed by atoms with Gasteiger partial charge in [-0.2, -0.15) is 11.8 Å². The predicted octanol–water partition coefficient (Wildman–Crippen LogP) is 6.25. The van der Waals surface area contributed by atoms with Crippen LogP contribution in [0.25, 0.3) is 22.3 Å². The van der Waals surface area contributed by atoms with E-state index >= 15 is 0 Å². The van der Waals surface area contributed by atoms with E-state index in [0.29, 0.717) is 12.3 Å². The molecule has 0 fully saturated rings. The summed E-state index contributed by atoms with van der Waals surface area (Å²) in [6, 6.07) is 31.2. The molecule has 44 heavy (non-hydrogen) atoms. The minimum Gasteiger partial charge on any atom is -0.480 e. The van der Waals surface area contributed by atoms with Gasteiger partial charge in [0.25, 0.3) is 0 Å².